The molecule has 2 N–H and O–H groups in total. The smallest absolute Gasteiger partial charge is 0.273 e. The summed E-state index contributed by atoms with van der Waals surface area (Å²) in [4.78, 5) is 17.8. The van der Waals surface area contributed by atoms with Crippen molar-refractivity contribution in [3.05, 3.63) is 58.8 Å². The number of hydrogen-bond acceptors (Lipinski definition) is 7. The van der Waals surface area contributed by atoms with Gasteiger partial charge in [0.2, 0.25) is 5.75 Å². The van der Waals surface area contributed by atoms with Crippen molar-refractivity contribution in [2.24, 2.45) is 0 Å². The number of aryl methyl sites for hydroxylation is 1. The molecular weight excluding hydrogens is 448 g/mol. The maximum atomic E-state index is 13.6. The molecular formula is C26H30N4O5. The Balaban J connectivity index is 1.60. The molecule has 35 heavy (non-hydrogen) atoms. The predicted molar refractivity (Wildman–Crippen MR) is 130 cm³/mol. The lowest BCUT2D eigenvalue weighted by Crippen LogP contribution is -2.42. The lowest BCUT2D eigenvalue weighted by molar-refractivity contribution is 0.0316. The van der Waals surface area contributed by atoms with Crippen LogP contribution in [0.15, 0.2) is 36.4 Å². The van der Waals surface area contributed by atoms with Crippen molar-refractivity contribution in [1.29, 1.82) is 0 Å². The van der Waals surface area contributed by atoms with E-state index >= 15 is 0 Å². The normalized spacial score (nSPS) is 18.1. The lowest BCUT2D eigenvalue weighted by Gasteiger charge is -2.31. The first-order valence-corrected chi connectivity index (χ1v) is 11.7. The van der Waals surface area contributed by atoms with E-state index in [1.807, 2.05) is 36.1 Å². The van der Waals surface area contributed by atoms with E-state index in [-0.39, 0.29) is 23.2 Å². The molecule has 184 valence electrons. The van der Waals surface area contributed by atoms with Crippen LogP contribution >= 0.6 is 0 Å². The van der Waals surface area contributed by atoms with Crippen molar-refractivity contribution < 1.29 is 24.1 Å². The number of nitrogens with zero attached hydrogens (tertiary/aromatic N) is 3. The summed E-state index contributed by atoms with van der Waals surface area (Å²) in [6.45, 7) is 6.38. The molecule has 5 rings (SSSR count). The summed E-state index contributed by atoms with van der Waals surface area (Å²) in [5.74, 6) is 0.395. The standard InChI is InChI=1S/C26H30N4O5/c1-16-4-6-17(7-5-16)22-21-23(28-27-22)26(32)30(9-8-29-10-12-35-13-11-29)24(21)18-14-19(33-2)25(31)20(15-18)34-3/h4-7,14-15,24,31H,8-13H2,1-3H3,(H,27,28). The van der Waals surface area contributed by atoms with Gasteiger partial charge in [0.05, 0.1) is 39.2 Å². The highest BCUT2D eigenvalue weighted by Crippen LogP contribution is 2.46. The first-order valence-electron chi connectivity index (χ1n) is 11.7. The summed E-state index contributed by atoms with van der Waals surface area (Å²) in [7, 11) is 2.99. The van der Waals surface area contributed by atoms with Gasteiger partial charge in [-0.1, -0.05) is 29.8 Å². The summed E-state index contributed by atoms with van der Waals surface area (Å²) in [6.07, 6.45) is 0. The number of aromatic nitrogens is 2. The molecule has 1 amide bonds. The second-order valence-electron chi connectivity index (χ2n) is 8.86. The molecule has 3 heterocycles. The van der Waals surface area contributed by atoms with Gasteiger partial charge >= 0.3 is 0 Å². The van der Waals surface area contributed by atoms with Gasteiger partial charge in [0.15, 0.2) is 11.5 Å². The van der Waals surface area contributed by atoms with E-state index in [0.717, 1.165) is 47.6 Å². The molecule has 1 saturated heterocycles. The van der Waals surface area contributed by atoms with Crippen LogP contribution in [0.4, 0.5) is 0 Å². The number of H-pyrrole nitrogens is 1. The van der Waals surface area contributed by atoms with Gasteiger partial charge in [-0.3, -0.25) is 14.8 Å². The van der Waals surface area contributed by atoms with Gasteiger partial charge in [0.1, 0.15) is 5.69 Å². The molecule has 0 aliphatic carbocycles. The summed E-state index contributed by atoms with van der Waals surface area (Å²) in [6, 6.07) is 11.2. The fraction of sp³-hybridized carbons (Fsp3) is 0.385. The largest absolute Gasteiger partial charge is 0.502 e. The second kappa shape index (κ2) is 9.59. The molecule has 3 aromatic rings. The zero-order valence-electron chi connectivity index (χ0n) is 20.2. The molecule has 9 nitrogen and oxygen atoms in total. The molecule has 2 aliphatic rings. The van der Waals surface area contributed by atoms with Crippen LogP contribution in [0.3, 0.4) is 0 Å². The lowest BCUT2D eigenvalue weighted by atomic mass is 9.95. The van der Waals surface area contributed by atoms with Gasteiger partial charge in [-0.25, -0.2) is 0 Å². The number of fused-ring (bicyclic) bond motifs is 1. The minimum absolute atomic E-state index is 0.0749. The molecule has 1 aromatic heterocycles. The number of morpholine rings is 1. The summed E-state index contributed by atoms with van der Waals surface area (Å²) in [5, 5.41) is 18.0. The Morgan fingerprint density at radius 2 is 1.74 bits per heavy atom. The van der Waals surface area contributed by atoms with Gasteiger partial charge in [0.25, 0.3) is 5.91 Å². The minimum atomic E-state index is -0.419. The number of amides is 1. The average molecular weight is 479 g/mol. The minimum Gasteiger partial charge on any atom is -0.502 e. The van der Waals surface area contributed by atoms with Crippen molar-refractivity contribution in [2.45, 2.75) is 13.0 Å². The van der Waals surface area contributed by atoms with Crippen LogP contribution in [0.25, 0.3) is 11.3 Å². The number of aromatic amines is 1. The van der Waals surface area contributed by atoms with Crippen molar-refractivity contribution in [2.75, 3.05) is 53.6 Å². The zero-order chi connectivity index (χ0) is 24.5. The van der Waals surface area contributed by atoms with Gasteiger partial charge < -0.3 is 24.2 Å². The maximum Gasteiger partial charge on any atom is 0.273 e. The number of carbonyl (C=O) groups is 1. The van der Waals surface area contributed by atoms with Gasteiger partial charge in [0, 0.05) is 37.3 Å². The van der Waals surface area contributed by atoms with Crippen LogP contribution in [-0.2, 0) is 4.74 Å². The van der Waals surface area contributed by atoms with Crippen molar-refractivity contribution in [3.8, 4) is 28.5 Å². The number of benzene rings is 2. The Kier molecular flexibility index (Phi) is 6.36. The maximum absolute atomic E-state index is 13.6. The first kappa shape index (κ1) is 23.2. The molecule has 0 bridgehead atoms. The number of phenols is 1. The third-order valence-electron chi connectivity index (χ3n) is 6.77. The number of hydrogen-bond donors (Lipinski definition) is 2. The quantitative estimate of drug-likeness (QED) is 0.539. The predicted octanol–water partition coefficient (Wildman–Crippen LogP) is 2.99. The van der Waals surface area contributed by atoms with Crippen LogP contribution in [0.1, 0.15) is 33.2 Å². The van der Waals surface area contributed by atoms with Gasteiger partial charge in [-0.2, -0.15) is 5.10 Å². The molecule has 1 unspecified atom stereocenters. The van der Waals surface area contributed by atoms with Crippen LogP contribution in [0, 0.1) is 6.92 Å². The number of carbonyl (C=O) groups excluding carboxylic acids is 1. The summed E-state index contributed by atoms with van der Waals surface area (Å²) in [5.41, 5.74) is 4.89. The number of aromatic hydroxyl groups is 1. The van der Waals surface area contributed by atoms with E-state index in [1.165, 1.54) is 14.2 Å². The summed E-state index contributed by atoms with van der Waals surface area (Å²) < 4.78 is 16.3. The average Bonchev–Trinajstić information content (AvgIpc) is 3.43. The van der Waals surface area contributed by atoms with Crippen LogP contribution in [-0.4, -0.2) is 84.6 Å². The number of rotatable bonds is 7. The Bertz CT molecular complexity index is 1190. The Labute approximate surface area is 204 Å². The molecule has 0 spiro atoms. The molecule has 2 aliphatic heterocycles. The third-order valence-corrected chi connectivity index (χ3v) is 6.77. The fourth-order valence-corrected chi connectivity index (χ4v) is 4.85. The molecule has 1 fully saturated rings. The SMILES string of the molecule is COc1cc(C2c3c(-c4ccc(C)cc4)n[nH]c3C(=O)N2CCN2CCOCC2)cc(OC)c1O. The first-order chi connectivity index (χ1) is 17.0. The van der Waals surface area contributed by atoms with Gasteiger partial charge in [-0.05, 0) is 24.6 Å². The second-order valence-corrected chi connectivity index (χ2v) is 8.86. The number of nitrogens with one attached hydrogen (secondary N) is 1. The Morgan fingerprint density at radius 1 is 1.09 bits per heavy atom. The monoisotopic (exact) mass is 478 g/mol. The summed E-state index contributed by atoms with van der Waals surface area (Å²) >= 11 is 0. The van der Waals surface area contributed by atoms with Crippen molar-refractivity contribution in [3.63, 3.8) is 0 Å². The van der Waals surface area contributed by atoms with Crippen LogP contribution in [0.2, 0.25) is 0 Å². The van der Waals surface area contributed by atoms with Crippen LogP contribution < -0.4 is 9.47 Å². The number of methoxy groups -OCH3 is 2. The number of ether oxygens (including phenoxy) is 3. The molecule has 1 atom stereocenters. The zero-order valence-corrected chi connectivity index (χ0v) is 20.2. The van der Waals surface area contributed by atoms with E-state index in [9.17, 15) is 9.90 Å². The highest BCUT2D eigenvalue weighted by Gasteiger charge is 2.42. The highest BCUT2D eigenvalue weighted by atomic mass is 16.5. The molecule has 9 heteroatoms. The van der Waals surface area contributed by atoms with E-state index in [1.54, 1.807) is 12.1 Å². The highest BCUT2D eigenvalue weighted by molar-refractivity contribution is 6.00. The Hall–Kier alpha value is -3.56. The van der Waals surface area contributed by atoms with E-state index in [4.69, 9.17) is 14.2 Å². The van der Waals surface area contributed by atoms with Crippen LogP contribution in [0.5, 0.6) is 17.2 Å². The van der Waals surface area contributed by atoms with E-state index in [2.05, 4.69) is 15.1 Å². The van der Waals surface area contributed by atoms with Gasteiger partial charge in [-0.15, -0.1) is 0 Å². The van der Waals surface area contributed by atoms with Crippen molar-refractivity contribution in [1.82, 2.24) is 20.0 Å². The molecule has 0 radical (unpaired) electrons. The third kappa shape index (κ3) is 4.21. The van der Waals surface area contributed by atoms with E-state index < -0.39 is 6.04 Å². The fourth-order valence-electron chi connectivity index (χ4n) is 4.85. The van der Waals surface area contributed by atoms with E-state index in [0.29, 0.717) is 25.5 Å². The molecule has 0 saturated carbocycles. The number of phenolic OH excluding ortho intramolecular Hbond substituents is 1. The molecule has 2 aromatic carbocycles. The van der Waals surface area contributed by atoms with Crippen molar-refractivity contribution >= 4 is 5.91 Å². The Morgan fingerprint density at radius 3 is 2.37 bits per heavy atom. The topological polar surface area (TPSA) is 100 Å².